The summed E-state index contributed by atoms with van der Waals surface area (Å²) in [6.07, 6.45) is 2.49. The molecule has 0 unspecified atom stereocenters. The molecule has 0 aliphatic heterocycles. The quantitative estimate of drug-likeness (QED) is 0.323. The van der Waals surface area contributed by atoms with Gasteiger partial charge in [0.25, 0.3) is 23.2 Å². The summed E-state index contributed by atoms with van der Waals surface area (Å²) in [4.78, 5) is 50.0. The van der Waals surface area contributed by atoms with Crippen molar-refractivity contribution in [1.29, 1.82) is 0 Å². The fourth-order valence-corrected chi connectivity index (χ4v) is 4.06. The number of hydrogen-bond donors (Lipinski definition) is 2. The van der Waals surface area contributed by atoms with Crippen LogP contribution >= 0.6 is 11.3 Å². The molecule has 0 saturated heterocycles. The largest absolute Gasteiger partial charge is 0.340 e. The van der Waals surface area contributed by atoms with Crippen LogP contribution in [-0.2, 0) is 14.1 Å². The number of hydrogen-bond acceptors (Lipinski definition) is 8. The first-order valence-corrected chi connectivity index (χ1v) is 10.1. The van der Waals surface area contributed by atoms with E-state index in [2.05, 4.69) is 15.6 Å². The average molecular weight is 469 g/mol. The molecule has 13 nitrogen and oxygen atoms in total. The number of aryl methyl sites for hydroxylation is 2. The van der Waals surface area contributed by atoms with Gasteiger partial charge in [0.2, 0.25) is 0 Å². The second-order valence-electron chi connectivity index (χ2n) is 7.01. The van der Waals surface area contributed by atoms with Gasteiger partial charge in [0, 0.05) is 31.9 Å². The molecule has 168 valence electrons. The molecule has 0 spiro atoms. The van der Waals surface area contributed by atoms with Crippen LogP contribution in [-0.4, -0.2) is 35.8 Å². The molecule has 0 bridgehead atoms. The number of fused-ring (bicyclic) bond motifs is 1. The topological polar surface area (TPSA) is 167 Å². The van der Waals surface area contributed by atoms with Crippen LogP contribution in [0.15, 0.2) is 42.7 Å². The number of aromatic nitrogens is 3. The Labute approximate surface area is 188 Å². The number of anilines is 2. The zero-order valence-electron chi connectivity index (χ0n) is 17.1. The normalized spacial score (nSPS) is 10.8. The fourth-order valence-electron chi connectivity index (χ4n) is 3.16. The molecule has 0 saturated carbocycles. The summed E-state index contributed by atoms with van der Waals surface area (Å²) in [5, 5.41) is 27.4. The predicted octanol–water partition coefficient (Wildman–Crippen LogP) is 3.29. The van der Waals surface area contributed by atoms with Crippen LogP contribution in [0.1, 0.15) is 21.0 Å². The monoisotopic (exact) mass is 469 g/mol. The lowest BCUT2D eigenvalue weighted by atomic mass is 10.3. The summed E-state index contributed by atoms with van der Waals surface area (Å²) in [5.74, 6) is -1.07. The maximum atomic E-state index is 12.5. The first kappa shape index (κ1) is 21.6. The summed E-state index contributed by atoms with van der Waals surface area (Å²) in [5.41, 5.74) is 0.846. The molecule has 0 aliphatic carbocycles. The molecule has 14 heteroatoms. The van der Waals surface area contributed by atoms with E-state index in [0.29, 0.717) is 15.9 Å². The van der Waals surface area contributed by atoms with Crippen LogP contribution in [0.5, 0.6) is 0 Å². The molecular formula is C19H15N7O6S. The molecule has 0 radical (unpaired) electrons. The van der Waals surface area contributed by atoms with Crippen molar-refractivity contribution in [3.05, 3.63) is 74.3 Å². The zero-order chi connectivity index (χ0) is 23.9. The predicted molar refractivity (Wildman–Crippen MR) is 120 cm³/mol. The van der Waals surface area contributed by atoms with Gasteiger partial charge >= 0.3 is 0 Å². The molecule has 0 aliphatic rings. The van der Waals surface area contributed by atoms with Gasteiger partial charge < -0.3 is 14.5 Å². The molecule has 3 aromatic heterocycles. The standard InChI is InChI=1S/C19H15N7O6S/c1-23-8-11(25(29)30)6-14(23)17(27)20-10-3-4-13-16(5-10)33-19(21-13)22-18(28)15-7-12(26(31)32)9-24(15)2/h3-9H,1-2H3,(H,20,27)(H,21,22,28). The Morgan fingerprint density at radius 1 is 0.909 bits per heavy atom. The van der Waals surface area contributed by atoms with E-state index in [0.717, 1.165) is 11.3 Å². The molecule has 0 fully saturated rings. The van der Waals surface area contributed by atoms with E-state index < -0.39 is 21.7 Å². The number of benzene rings is 1. The van der Waals surface area contributed by atoms with Gasteiger partial charge in [0.15, 0.2) is 5.13 Å². The van der Waals surface area contributed by atoms with E-state index in [9.17, 15) is 29.8 Å². The van der Waals surface area contributed by atoms with E-state index in [1.165, 1.54) is 47.8 Å². The highest BCUT2D eigenvalue weighted by atomic mass is 32.1. The molecule has 4 aromatic rings. The number of carbonyl (C=O) groups is 2. The van der Waals surface area contributed by atoms with E-state index in [1.807, 2.05) is 0 Å². The Bertz CT molecular complexity index is 1380. The van der Waals surface area contributed by atoms with Crippen molar-refractivity contribution in [2.75, 3.05) is 10.6 Å². The smallest absolute Gasteiger partial charge is 0.287 e. The summed E-state index contributed by atoms with van der Waals surface area (Å²) in [6, 6.07) is 7.28. The molecule has 1 aromatic carbocycles. The van der Waals surface area contributed by atoms with E-state index in [-0.39, 0.29) is 27.9 Å². The minimum Gasteiger partial charge on any atom is -0.340 e. The second-order valence-corrected chi connectivity index (χ2v) is 8.04. The van der Waals surface area contributed by atoms with Crippen molar-refractivity contribution in [1.82, 2.24) is 14.1 Å². The number of nitrogens with zero attached hydrogens (tertiary/aromatic N) is 5. The highest BCUT2D eigenvalue weighted by Gasteiger charge is 2.20. The van der Waals surface area contributed by atoms with Gasteiger partial charge in [-0.25, -0.2) is 4.98 Å². The van der Waals surface area contributed by atoms with Crippen LogP contribution in [0, 0.1) is 20.2 Å². The number of thiazole rings is 1. The number of nitro groups is 2. The summed E-state index contributed by atoms with van der Waals surface area (Å²) in [7, 11) is 3.06. The number of amides is 2. The second kappa shape index (κ2) is 8.16. The van der Waals surface area contributed by atoms with E-state index in [1.54, 1.807) is 18.2 Å². The number of nitrogens with one attached hydrogen (secondary N) is 2. The van der Waals surface area contributed by atoms with Gasteiger partial charge in [0.05, 0.1) is 32.5 Å². The number of rotatable bonds is 6. The molecule has 2 N–H and O–H groups in total. The fraction of sp³-hybridized carbons (Fsp3) is 0.105. The molecule has 4 rings (SSSR count). The maximum Gasteiger partial charge on any atom is 0.287 e. The van der Waals surface area contributed by atoms with Gasteiger partial charge in [-0.15, -0.1) is 0 Å². The maximum absolute atomic E-state index is 12.5. The van der Waals surface area contributed by atoms with E-state index >= 15 is 0 Å². The van der Waals surface area contributed by atoms with Crippen LogP contribution in [0.25, 0.3) is 10.2 Å². The third-order valence-corrected chi connectivity index (χ3v) is 5.67. The first-order valence-electron chi connectivity index (χ1n) is 9.27. The van der Waals surface area contributed by atoms with Crippen LogP contribution < -0.4 is 10.6 Å². The lowest BCUT2D eigenvalue weighted by molar-refractivity contribution is -0.385. The van der Waals surface area contributed by atoms with Crippen molar-refractivity contribution >= 4 is 55.6 Å². The lowest BCUT2D eigenvalue weighted by Gasteiger charge is -2.05. The average Bonchev–Trinajstić information content (AvgIpc) is 3.43. The van der Waals surface area contributed by atoms with Crippen LogP contribution in [0.3, 0.4) is 0 Å². The van der Waals surface area contributed by atoms with Gasteiger partial charge in [-0.05, 0) is 18.2 Å². The molecule has 3 heterocycles. The highest BCUT2D eigenvalue weighted by molar-refractivity contribution is 7.22. The third-order valence-electron chi connectivity index (χ3n) is 4.73. The Morgan fingerprint density at radius 3 is 1.97 bits per heavy atom. The van der Waals surface area contributed by atoms with Gasteiger partial charge in [0.1, 0.15) is 11.4 Å². The van der Waals surface area contributed by atoms with Gasteiger partial charge in [-0.1, -0.05) is 11.3 Å². The van der Waals surface area contributed by atoms with Crippen molar-refractivity contribution in [3.63, 3.8) is 0 Å². The summed E-state index contributed by atoms with van der Waals surface area (Å²) >= 11 is 1.16. The Balaban J connectivity index is 1.52. The number of carbonyl (C=O) groups excluding carboxylic acids is 2. The highest BCUT2D eigenvalue weighted by Crippen LogP contribution is 2.29. The minimum atomic E-state index is -0.585. The van der Waals surface area contributed by atoms with Crippen molar-refractivity contribution in [3.8, 4) is 0 Å². The third kappa shape index (κ3) is 4.27. The first-order chi connectivity index (χ1) is 15.6. The molecule has 33 heavy (non-hydrogen) atoms. The van der Waals surface area contributed by atoms with Crippen molar-refractivity contribution in [2.45, 2.75) is 0 Å². The van der Waals surface area contributed by atoms with Crippen LogP contribution in [0.2, 0.25) is 0 Å². The molecular weight excluding hydrogens is 454 g/mol. The Morgan fingerprint density at radius 2 is 1.45 bits per heavy atom. The summed E-state index contributed by atoms with van der Waals surface area (Å²) in [6.45, 7) is 0. The van der Waals surface area contributed by atoms with Crippen molar-refractivity contribution in [2.24, 2.45) is 14.1 Å². The van der Waals surface area contributed by atoms with E-state index in [4.69, 9.17) is 0 Å². The zero-order valence-corrected chi connectivity index (χ0v) is 18.0. The Hall–Kier alpha value is -4.59. The Kier molecular flexibility index (Phi) is 5.35. The SMILES string of the molecule is Cn1cc([N+](=O)[O-])cc1C(=O)Nc1ccc2nc(NC(=O)c3cc([N+](=O)[O-])cn3C)sc2c1. The van der Waals surface area contributed by atoms with Crippen LogP contribution in [0.4, 0.5) is 22.2 Å². The van der Waals surface area contributed by atoms with Crippen molar-refractivity contribution < 1.29 is 19.4 Å². The molecule has 0 atom stereocenters. The van der Waals surface area contributed by atoms with Gasteiger partial charge in [-0.3, -0.25) is 35.1 Å². The molecule has 2 amide bonds. The van der Waals surface area contributed by atoms with Gasteiger partial charge in [-0.2, -0.15) is 0 Å². The minimum absolute atomic E-state index is 0.102. The summed E-state index contributed by atoms with van der Waals surface area (Å²) < 4.78 is 3.38. The lowest BCUT2D eigenvalue weighted by Crippen LogP contribution is -2.15.